The quantitative estimate of drug-likeness (QED) is 0.205. The zero-order valence-electron chi connectivity index (χ0n) is 21.3. The number of aryl methyl sites for hydroxylation is 3. The van der Waals surface area contributed by atoms with Crippen molar-refractivity contribution in [2.45, 2.75) is 41.0 Å². The van der Waals surface area contributed by atoms with Crippen LogP contribution < -0.4 is 4.90 Å². The Kier molecular flexibility index (Phi) is 7.85. The summed E-state index contributed by atoms with van der Waals surface area (Å²) in [6.07, 6.45) is 0.692. The van der Waals surface area contributed by atoms with Gasteiger partial charge in [0.25, 0.3) is 0 Å². The summed E-state index contributed by atoms with van der Waals surface area (Å²) in [5.74, 6) is 1.56. The molecule has 1 aliphatic rings. The molecule has 0 aliphatic carbocycles. The van der Waals surface area contributed by atoms with Crippen molar-refractivity contribution in [3.63, 3.8) is 0 Å². The summed E-state index contributed by atoms with van der Waals surface area (Å²) in [4.78, 5) is 9.41. The van der Waals surface area contributed by atoms with Crippen LogP contribution in [0.4, 0.5) is 5.69 Å². The predicted molar refractivity (Wildman–Crippen MR) is 141 cm³/mol. The van der Waals surface area contributed by atoms with Crippen molar-refractivity contribution in [2.24, 2.45) is 0 Å². The maximum atomic E-state index is 6.48. The minimum absolute atomic E-state index is 0. The minimum atomic E-state index is 0. The Labute approximate surface area is 228 Å². The second-order valence-electron chi connectivity index (χ2n) is 9.18. The molecule has 3 aromatic carbocycles. The Bertz CT molecular complexity index is 1350. The van der Waals surface area contributed by atoms with Gasteiger partial charge in [-0.2, -0.15) is 37.0 Å². The summed E-state index contributed by atoms with van der Waals surface area (Å²) in [5, 5.41) is 0. The first-order valence-electron chi connectivity index (χ1n) is 12.0. The van der Waals surface area contributed by atoms with Crippen LogP contribution in [0.15, 0.2) is 76.5 Å². The minimum Gasteiger partial charge on any atom is -0.505 e. The van der Waals surface area contributed by atoms with Crippen LogP contribution in [0, 0.1) is 39.6 Å². The van der Waals surface area contributed by atoms with Gasteiger partial charge in [-0.25, -0.2) is 0 Å². The molecule has 1 aliphatic heterocycles. The average Bonchev–Trinajstić information content (AvgIpc) is 3.39. The second kappa shape index (κ2) is 10.9. The first-order chi connectivity index (χ1) is 16.9. The van der Waals surface area contributed by atoms with Gasteiger partial charge in [0.05, 0.1) is 0 Å². The second-order valence-corrected chi connectivity index (χ2v) is 9.18. The van der Waals surface area contributed by atoms with E-state index in [0.717, 1.165) is 40.7 Å². The number of hydrogen-bond donors (Lipinski definition) is 0. The van der Waals surface area contributed by atoms with E-state index < -0.39 is 0 Å². The summed E-state index contributed by atoms with van der Waals surface area (Å²) in [7, 11) is 0. The molecule has 0 bridgehead atoms. The summed E-state index contributed by atoms with van der Waals surface area (Å²) in [5.41, 5.74) is 10.0. The molecule has 1 aromatic heterocycles. The molecule has 4 nitrogen and oxygen atoms in total. The van der Waals surface area contributed by atoms with E-state index in [2.05, 4.69) is 81.4 Å². The van der Waals surface area contributed by atoms with E-state index in [0.29, 0.717) is 6.42 Å². The molecule has 0 N–H and O–H groups in total. The third kappa shape index (κ3) is 5.06. The molecular formula is C31H30N3OPt-3. The van der Waals surface area contributed by atoms with Gasteiger partial charge in [0.15, 0.2) is 5.89 Å². The Balaban J connectivity index is 0.00000304. The maximum absolute atomic E-state index is 6.48. The number of rotatable bonds is 6. The van der Waals surface area contributed by atoms with Crippen LogP contribution >= 0.6 is 0 Å². The van der Waals surface area contributed by atoms with Gasteiger partial charge in [0.1, 0.15) is 5.76 Å². The molecule has 0 fully saturated rings. The third-order valence-electron chi connectivity index (χ3n) is 6.63. The summed E-state index contributed by atoms with van der Waals surface area (Å²) in [6, 6.07) is 27.1. The van der Waals surface area contributed by atoms with Crippen molar-refractivity contribution >= 4 is 5.69 Å². The molecule has 36 heavy (non-hydrogen) atoms. The first kappa shape index (κ1) is 26.0. The molecule has 0 spiro atoms. The number of benzene rings is 3. The van der Waals surface area contributed by atoms with E-state index in [1.165, 1.54) is 28.1 Å². The summed E-state index contributed by atoms with van der Waals surface area (Å²) in [6.45, 7) is 13.6. The topological polar surface area (TPSA) is 32.5 Å². The van der Waals surface area contributed by atoms with Crippen LogP contribution in [0.5, 0.6) is 0 Å². The normalized spacial score (nSPS) is 13.4. The first-order valence-corrected chi connectivity index (χ1v) is 12.0. The monoisotopic (exact) mass is 655 g/mol. The molecule has 0 saturated carbocycles. The van der Waals surface area contributed by atoms with Crippen molar-refractivity contribution in [1.29, 1.82) is 0 Å². The molecule has 5 rings (SSSR count). The summed E-state index contributed by atoms with van der Waals surface area (Å²) < 4.78 is 6.48. The van der Waals surface area contributed by atoms with Gasteiger partial charge in [-0.1, -0.05) is 17.7 Å². The van der Waals surface area contributed by atoms with E-state index in [-0.39, 0.29) is 21.1 Å². The van der Waals surface area contributed by atoms with Crippen molar-refractivity contribution < 1.29 is 25.5 Å². The van der Waals surface area contributed by atoms with Gasteiger partial charge in [0, 0.05) is 44.4 Å². The fourth-order valence-corrected chi connectivity index (χ4v) is 4.82. The van der Waals surface area contributed by atoms with Crippen LogP contribution in [0.25, 0.3) is 22.6 Å². The fourth-order valence-electron chi connectivity index (χ4n) is 4.82. The molecule has 2 heterocycles. The van der Waals surface area contributed by atoms with Crippen LogP contribution in [0.3, 0.4) is 0 Å². The van der Waals surface area contributed by atoms with Crippen molar-refractivity contribution in [2.75, 3.05) is 11.4 Å². The maximum Gasteiger partial charge on any atom is 0.186 e. The molecule has 0 atom stereocenters. The van der Waals surface area contributed by atoms with Crippen molar-refractivity contribution in [3.8, 4) is 22.6 Å². The number of oxazole rings is 1. The average molecular weight is 656 g/mol. The van der Waals surface area contributed by atoms with E-state index in [1.54, 1.807) is 0 Å². The number of allylic oxidation sites excluding steroid dienone is 2. The number of nitrogens with zero attached hydrogens (tertiary/aromatic N) is 3. The van der Waals surface area contributed by atoms with E-state index in [1.807, 2.05) is 42.5 Å². The number of hydrogen-bond acceptors (Lipinski definition) is 4. The Morgan fingerprint density at radius 1 is 0.889 bits per heavy atom. The smallest absolute Gasteiger partial charge is 0.186 e. The number of anilines is 1. The van der Waals surface area contributed by atoms with E-state index in [9.17, 15) is 0 Å². The third-order valence-corrected chi connectivity index (χ3v) is 6.63. The van der Waals surface area contributed by atoms with Gasteiger partial charge in [0.2, 0.25) is 0 Å². The predicted octanol–water partition coefficient (Wildman–Crippen LogP) is 7.27. The van der Waals surface area contributed by atoms with Crippen LogP contribution in [-0.4, -0.2) is 16.4 Å². The van der Waals surface area contributed by atoms with Crippen molar-refractivity contribution in [1.82, 2.24) is 9.88 Å². The molecule has 5 heteroatoms. The van der Waals surface area contributed by atoms with Gasteiger partial charge >= 0.3 is 0 Å². The standard InChI is InChI=1S/C31H30N3O.Pt/c1-21-18-22(2)29(23(3)19-21)31-30(26-12-8-6-9-13-26)32-28(35-31)16-17-33-20-34(25(5)24(33)4)27-14-10-7-11-15-27;/h6-12,14,18-20H,16-17H2,1-5H3;/q-3;. The molecule has 0 amide bonds. The van der Waals surface area contributed by atoms with Gasteiger partial charge in [-0.05, 0) is 58.0 Å². The number of aromatic nitrogens is 1. The zero-order chi connectivity index (χ0) is 24.5. The summed E-state index contributed by atoms with van der Waals surface area (Å²) >= 11 is 0. The Morgan fingerprint density at radius 3 is 2.22 bits per heavy atom. The van der Waals surface area contributed by atoms with Crippen molar-refractivity contribution in [3.05, 3.63) is 113 Å². The largest absolute Gasteiger partial charge is 0.505 e. The Hall–Kier alpha value is -3.10. The zero-order valence-corrected chi connectivity index (χ0v) is 23.6. The molecule has 0 unspecified atom stereocenters. The van der Waals surface area contributed by atoms with Crippen LogP contribution in [-0.2, 0) is 27.5 Å². The Morgan fingerprint density at radius 2 is 1.58 bits per heavy atom. The van der Waals surface area contributed by atoms with Crippen LogP contribution in [0.1, 0.15) is 36.4 Å². The molecule has 4 aromatic rings. The van der Waals surface area contributed by atoms with E-state index in [4.69, 9.17) is 9.40 Å². The molecule has 188 valence electrons. The van der Waals surface area contributed by atoms with Gasteiger partial charge in [-0.15, -0.1) is 41.6 Å². The van der Waals surface area contributed by atoms with Crippen LogP contribution in [0.2, 0.25) is 0 Å². The van der Waals surface area contributed by atoms with Gasteiger partial charge in [-0.3, -0.25) is 4.98 Å². The molecule has 0 saturated heterocycles. The molecule has 0 radical (unpaired) electrons. The SMILES string of the molecule is CC1=C(C)N(c2[c-]cccc2)[CH-]N1CCc1nc(-c2[c-]cccc2)c(-c2c(C)cc(C)cc2C)o1.[Pt]. The molecular weight excluding hydrogens is 625 g/mol. The number of para-hydroxylation sites is 1. The fraction of sp³-hybridized carbons (Fsp3) is 0.226. The van der Waals surface area contributed by atoms with E-state index >= 15 is 0 Å². The van der Waals surface area contributed by atoms with Gasteiger partial charge < -0.3 is 14.2 Å².